The molecular weight excluding hydrogens is 268 g/mol. The summed E-state index contributed by atoms with van der Waals surface area (Å²) in [6.45, 7) is 3.40. The minimum Gasteiger partial charge on any atom is -0.466 e. The van der Waals surface area contributed by atoms with Crippen molar-refractivity contribution in [1.29, 1.82) is 0 Å². The van der Waals surface area contributed by atoms with E-state index in [4.69, 9.17) is 9.15 Å². The van der Waals surface area contributed by atoms with Crippen LogP contribution in [0.25, 0.3) is 11.3 Å². The van der Waals surface area contributed by atoms with Crippen LogP contribution < -0.4 is 0 Å². The van der Waals surface area contributed by atoms with Gasteiger partial charge < -0.3 is 9.15 Å². The highest BCUT2D eigenvalue weighted by molar-refractivity contribution is 5.69. The van der Waals surface area contributed by atoms with Crippen molar-refractivity contribution in [2.24, 2.45) is 0 Å². The molecule has 5 nitrogen and oxygen atoms in total. The van der Waals surface area contributed by atoms with Crippen molar-refractivity contribution in [3.05, 3.63) is 42.4 Å². The molecule has 0 atom stereocenters. The SMILES string of the molecule is CCOC(=O)CCN(C)Cc1ncc(-c2ccccc2)o1. The number of aromatic nitrogens is 1. The molecule has 0 amide bonds. The zero-order chi connectivity index (χ0) is 15.1. The predicted octanol–water partition coefficient (Wildman–Crippen LogP) is 2.73. The first-order valence-electron chi connectivity index (χ1n) is 7.03. The first kappa shape index (κ1) is 15.3. The van der Waals surface area contributed by atoms with Crippen molar-refractivity contribution < 1.29 is 13.9 Å². The minimum atomic E-state index is -0.179. The number of hydrogen-bond acceptors (Lipinski definition) is 5. The highest BCUT2D eigenvalue weighted by Crippen LogP contribution is 2.20. The topological polar surface area (TPSA) is 55.6 Å². The Morgan fingerprint density at radius 1 is 1.33 bits per heavy atom. The van der Waals surface area contributed by atoms with Crippen molar-refractivity contribution >= 4 is 5.97 Å². The zero-order valence-corrected chi connectivity index (χ0v) is 12.4. The van der Waals surface area contributed by atoms with E-state index in [1.165, 1.54) is 0 Å². The summed E-state index contributed by atoms with van der Waals surface area (Å²) < 4.78 is 10.6. The molecule has 21 heavy (non-hydrogen) atoms. The third kappa shape index (κ3) is 4.72. The molecule has 0 aliphatic heterocycles. The van der Waals surface area contributed by atoms with Gasteiger partial charge in [0.2, 0.25) is 5.89 Å². The van der Waals surface area contributed by atoms with Crippen molar-refractivity contribution in [2.45, 2.75) is 19.9 Å². The predicted molar refractivity (Wildman–Crippen MR) is 79.5 cm³/mol. The van der Waals surface area contributed by atoms with Crippen molar-refractivity contribution in [2.75, 3.05) is 20.2 Å². The molecule has 0 aliphatic carbocycles. The fraction of sp³-hybridized carbons (Fsp3) is 0.375. The van der Waals surface area contributed by atoms with Crippen LogP contribution in [-0.4, -0.2) is 36.1 Å². The fourth-order valence-corrected chi connectivity index (χ4v) is 1.94. The van der Waals surface area contributed by atoms with Crippen LogP contribution in [-0.2, 0) is 16.1 Å². The number of oxazole rings is 1. The Labute approximate surface area is 124 Å². The highest BCUT2D eigenvalue weighted by atomic mass is 16.5. The van der Waals surface area contributed by atoms with Gasteiger partial charge in [-0.25, -0.2) is 4.98 Å². The third-order valence-electron chi connectivity index (χ3n) is 3.02. The lowest BCUT2D eigenvalue weighted by Crippen LogP contribution is -2.22. The number of rotatable bonds is 7. The second-order valence-corrected chi connectivity index (χ2v) is 4.78. The molecule has 2 rings (SSSR count). The van der Waals surface area contributed by atoms with E-state index >= 15 is 0 Å². The van der Waals surface area contributed by atoms with E-state index in [2.05, 4.69) is 4.98 Å². The van der Waals surface area contributed by atoms with E-state index in [-0.39, 0.29) is 5.97 Å². The number of hydrogen-bond donors (Lipinski definition) is 0. The summed E-state index contributed by atoms with van der Waals surface area (Å²) in [5, 5.41) is 0. The number of nitrogens with zero attached hydrogens (tertiary/aromatic N) is 2. The Balaban J connectivity index is 1.86. The lowest BCUT2D eigenvalue weighted by molar-refractivity contribution is -0.143. The molecule has 0 N–H and O–H groups in total. The average molecular weight is 288 g/mol. The number of carbonyl (C=O) groups excluding carboxylic acids is 1. The van der Waals surface area contributed by atoms with Crippen molar-refractivity contribution in [3.63, 3.8) is 0 Å². The number of carbonyl (C=O) groups is 1. The molecule has 112 valence electrons. The highest BCUT2D eigenvalue weighted by Gasteiger charge is 2.10. The van der Waals surface area contributed by atoms with E-state index in [1.807, 2.05) is 42.3 Å². The molecule has 0 fully saturated rings. The third-order valence-corrected chi connectivity index (χ3v) is 3.02. The average Bonchev–Trinajstić information content (AvgIpc) is 2.95. The van der Waals surface area contributed by atoms with E-state index in [0.717, 1.165) is 11.3 Å². The smallest absolute Gasteiger partial charge is 0.307 e. The summed E-state index contributed by atoms with van der Waals surface area (Å²) in [6, 6.07) is 9.85. The van der Waals surface area contributed by atoms with Crippen LogP contribution in [0.5, 0.6) is 0 Å². The molecule has 2 aromatic rings. The summed E-state index contributed by atoms with van der Waals surface area (Å²) in [6.07, 6.45) is 2.10. The summed E-state index contributed by atoms with van der Waals surface area (Å²) in [5.74, 6) is 1.21. The summed E-state index contributed by atoms with van der Waals surface area (Å²) in [7, 11) is 1.92. The molecule has 0 radical (unpaired) electrons. The first-order chi connectivity index (χ1) is 10.2. The van der Waals surface area contributed by atoms with Gasteiger partial charge in [-0.2, -0.15) is 0 Å². The minimum absolute atomic E-state index is 0.179. The van der Waals surface area contributed by atoms with Crippen LogP contribution in [0.3, 0.4) is 0 Å². The van der Waals surface area contributed by atoms with Gasteiger partial charge in [-0.05, 0) is 14.0 Å². The van der Waals surface area contributed by atoms with E-state index in [0.29, 0.717) is 32.0 Å². The summed E-state index contributed by atoms with van der Waals surface area (Å²) >= 11 is 0. The molecular formula is C16H20N2O3. The Morgan fingerprint density at radius 2 is 2.10 bits per heavy atom. The van der Waals surface area contributed by atoms with Gasteiger partial charge in [0.25, 0.3) is 0 Å². The number of benzene rings is 1. The van der Waals surface area contributed by atoms with Gasteiger partial charge in [0.05, 0.1) is 25.8 Å². The fourth-order valence-electron chi connectivity index (χ4n) is 1.94. The Hall–Kier alpha value is -2.14. The van der Waals surface area contributed by atoms with Crippen LogP contribution in [0, 0.1) is 0 Å². The monoisotopic (exact) mass is 288 g/mol. The van der Waals surface area contributed by atoms with Gasteiger partial charge in [-0.1, -0.05) is 30.3 Å². The van der Waals surface area contributed by atoms with E-state index < -0.39 is 0 Å². The molecule has 0 saturated carbocycles. The number of ether oxygens (including phenoxy) is 1. The maximum Gasteiger partial charge on any atom is 0.307 e. The quantitative estimate of drug-likeness (QED) is 0.733. The normalized spacial score (nSPS) is 10.8. The van der Waals surface area contributed by atoms with E-state index in [9.17, 15) is 4.79 Å². The molecule has 0 bridgehead atoms. The zero-order valence-electron chi connectivity index (χ0n) is 12.4. The Kier molecular flexibility index (Phi) is 5.51. The van der Waals surface area contributed by atoms with Gasteiger partial charge >= 0.3 is 5.97 Å². The van der Waals surface area contributed by atoms with Crippen LogP contribution in [0.4, 0.5) is 0 Å². The lowest BCUT2D eigenvalue weighted by Gasteiger charge is -2.13. The molecule has 0 spiro atoms. The molecule has 1 heterocycles. The van der Waals surface area contributed by atoms with Gasteiger partial charge in [0, 0.05) is 12.1 Å². The van der Waals surface area contributed by atoms with Gasteiger partial charge in [0.1, 0.15) is 0 Å². The van der Waals surface area contributed by atoms with Crippen molar-refractivity contribution in [1.82, 2.24) is 9.88 Å². The molecule has 0 aliphatic rings. The molecule has 1 aromatic heterocycles. The molecule has 0 unspecified atom stereocenters. The largest absolute Gasteiger partial charge is 0.466 e. The van der Waals surface area contributed by atoms with Crippen LogP contribution >= 0.6 is 0 Å². The lowest BCUT2D eigenvalue weighted by atomic mass is 10.2. The molecule has 1 aromatic carbocycles. The number of esters is 1. The van der Waals surface area contributed by atoms with E-state index in [1.54, 1.807) is 13.1 Å². The van der Waals surface area contributed by atoms with Crippen LogP contribution in [0.15, 0.2) is 40.9 Å². The molecule has 0 saturated heterocycles. The van der Waals surface area contributed by atoms with Crippen LogP contribution in [0.1, 0.15) is 19.2 Å². The molecule has 5 heteroatoms. The standard InChI is InChI=1S/C16H20N2O3/c1-3-20-16(19)9-10-18(2)12-15-17-11-14(21-15)13-7-5-4-6-8-13/h4-8,11H,3,9-10,12H2,1-2H3. The maximum absolute atomic E-state index is 11.3. The Morgan fingerprint density at radius 3 is 2.81 bits per heavy atom. The van der Waals surface area contributed by atoms with Crippen molar-refractivity contribution in [3.8, 4) is 11.3 Å². The maximum atomic E-state index is 11.3. The first-order valence-corrected chi connectivity index (χ1v) is 7.03. The van der Waals surface area contributed by atoms with Gasteiger partial charge in [-0.3, -0.25) is 9.69 Å². The second kappa shape index (κ2) is 7.59. The second-order valence-electron chi connectivity index (χ2n) is 4.78. The van der Waals surface area contributed by atoms with Gasteiger partial charge in [0.15, 0.2) is 5.76 Å². The Bertz CT molecular complexity index is 566. The summed E-state index contributed by atoms with van der Waals surface area (Å²) in [5.41, 5.74) is 1.01. The van der Waals surface area contributed by atoms with Gasteiger partial charge in [-0.15, -0.1) is 0 Å². The summed E-state index contributed by atoms with van der Waals surface area (Å²) in [4.78, 5) is 17.6. The van der Waals surface area contributed by atoms with Crippen LogP contribution in [0.2, 0.25) is 0 Å².